The molecular formula is C19H19BrO4. The van der Waals surface area contributed by atoms with Crippen LogP contribution < -0.4 is 9.47 Å². The topological polar surface area (TPSA) is 55.8 Å². The van der Waals surface area contributed by atoms with Crippen molar-refractivity contribution in [1.29, 1.82) is 0 Å². The molecular weight excluding hydrogens is 372 g/mol. The molecule has 0 aliphatic heterocycles. The molecule has 1 N–H and O–H groups in total. The van der Waals surface area contributed by atoms with Crippen LogP contribution in [0.4, 0.5) is 0 Å². The van der Waals surface area contributed by atoms with E-state index in [1.165, 1.54) is 11.6 Å². The van der Waals surface area contributed by atoms with Gasteiger partial charge in [0.2, 0.25) is 0 Å². The van der Waals surface area contributed by atoms with Gasteiger partial charge in [-0.05, 0) is 59.1 Å². The van der Waals surface area contributed by atoms with Gasteiger partial charge in [0, 0.05) is 6.08 Å². The molecule has 5 heteroatoms. The molecule has 0 fully saturated rings. The molecule has 0 amide bonds. The molecule has 4 nitrogen and oxygen atoms in total. The van der Waals surface area contributed by atoms with E-state index >= 15 is 0 Å². The number of carbonyl (C=O) groups is 1. The molecule has 24 heavy (non-hydrogen) atoms. The van der Waals surface area contributed by atoms with E-state index < -0.39 is 5.97 Å². The number of rotatable bonds is 7. The van der Waals surface area contributed by atoms with Crippen LogP contribution in [0.25, 0.3) is 6.08 Å². The fraction of sp³-hybridized carbons (Fsp3) is 0.211. The van der Waals surface area contributed by atoms with E-state index in [0.29, 0.717) is 29.2 Å². The minimum atomic E-state index is -0.997. The SMILES string of the molecule is CCOc1cc(C=CC(=O)O)cc(Br)c1OCc1ccc(C)cc1. The molecule has 0 saturated heterocycles. The fourth-order valence-corrected chi connectivity index (χ4v) is 2.67. The van der Waals surface area contributed by atoms with Crippen molar-refractivity contribution in [2.75, 3.05) is 6.61 Å². The summed E-state index contributed by atoms with van der Waals surface area (Å²) in [5, 5.41) is 8.75. The molecule has 0 heterocycles. The zero-order valence-corrected chi connectivity index (χ0v) is 15.2. The van der Waals surface area contributed by atoms with Gasteiger partial charge in [0.1, 0.15) is 6.61 Å². The minimum absolute atomic E-state index is 0.420. The molecule has 0 aliphatic rings. The van der Waals surface area contributed by atoms with E-state index in [1.54, 1.807) is 12.1 Å². The van der Waals surface area contributed by atoms with Gasteiger partial charge in [-0.15, -0.1) is 0 Å². The van der Waals surface area contributed by atoms with Crippen LogP contribution in [0.3, 0.4) is 0 Å². The summed E-state index contributed by atoms with van der Waals surface area (Å²) in [7, 11) is 0. The third kappa shape index (κ3) is 5.13. The minimum Gasteiger partial charge on any atom is -0.490 e. The molecule has 0 aromatic heterocycles. The Hall–Kier alpha value is -2.27. The van der Waals surface area contributed by atoms with Gasteiger partial charge in [0.25, 0.3) is 0 Å². The smallest absolute Gasteiger partial charge is 0.328 e. The molecule has 0 unspecified atom stereocenters. The molecule has 2 aromatic carbocycles. The van der Waals surface area contributed by atoms with Gasteiger partial charge in [-0.1, -0.05) is 29.8 Å². The summed E-state index contributed by atoms with van der Waals surface area (Å²) in [6.07, 6.45) is 2.60. The Morgan fingerprint density at radius 3 is 2.54 bits per heavy atom. The van der Waals surface area contributed by atoms with Crippen molar-refractivity contribution in [3.63, 3.8) is 0 Å². The second-order valence-corrected chi connectivity index (χ2v) is 6.06. The highest BCUT2D eigenvalue weighted by atomic mass is 79.9. The highest BCUT2D eigenvalue weighted by Crippen LogP contribution is 2.37. The van der Waals surface area contributed by atoms with Crippen molar-refractivity contribution in [3.05, 3.63) is 63.6 Å². The van der Waals surface area contributed by atoms with Gasteiger partial charge < -0.3 is 14.6 Å². The standard InChI is InChI=1S/C19H19BrO4/c1-3-23-17-11-15(8-9-18(21)22)10-16(20)19(17)24-12-14-6-4-13(2)5-7-14/h4-11H,3,12H2,1-2H3,(H,21,22). The van der Waals surface area contributed by atoms with Crippen LogP contribution in [0, 0.1) is 6.92 Å². The number of benzene rings is 2. The van der Waals surface area contributed by atoms with Crippen LogP contribution in [0.1, 0.15) is 23.6 Å². The molecule has 0 saturated carbocycles. The summed E-state index contributed by atoms with van der Waals surface area (Å²) < 4.78 is 12.3. The third-order valence-electron chi connectivity index (χ3n) is 3.25. The molecule has 2 rings (SSSR count). The van der Waals surface area contributed by atoms with Crippen LogP contribution in [0.5, 0.6) is 11.5 Å². The average Bonchev–Trinajstić information content (AvgIpc) is 2.54. The lowest BCUT2D eigenvalue weighted by atomic mass is 10.1. The summed E-state index contributed by atoms with van der Waals surface area (Å²) in [6, 6.07) is 11.7. The maximum atomic E-state index is 10.7. The lowest BCUT2D eigenvalue weighted by molar-refractivity contribution is -0.131. The lowest BCUT2D eigenvalue weighted by Crippen LogP contribution is -2.01. The third-order valence-corrected chi connectivity index (χ3v) is 3.84. The predicted molar refractivity (Wildman–Crippen MR) is 97.5 cm³/mol. The Bertz CT molecular complexity index is 736. The second-order valence-electron chi connectivity index (χ2n) is 5.21. The van der Waals surface area contributed by atoms with Crippen molar-refractivity contribution in [3.8, 4) is 11.5 Å². The summed E-state index contributed by atoms with van der Waals surface area (Å²) >= 11 is 3.47. The van der Waals surface area contributed by atoms with Crippen molar-refractivity contribution in [2.45, 2.75) is 20.5 Å². The number of hydrogen-bond acceptors (Lipinski definition) is 3. The van der Waals surface area contributed by atoms with E-state index in [2.05, 4.69) is 15.9 Å². The van der Waals surface area contributed by atoms with Crippen LogP contribution in [-0.2, 0) is 11.4 Å². The summed E-state index contributed by atoms with van der Waals surface area (Å²) in [6.45, 7) is 4.83. The molecule has 126 valence electrons. The van der Waals surface area contributed by atoms with Gasteiger partial charge in [-0.25, -0.2) is 4.79 Å². The zero-order valence-electron chi connectivity index (χ0n) is 13.6. The Labute approximate surface area is 149 Å². The number of hydrogen-bond donors (Lipinski definition) is 1. The average molecular weight is 391 g/mol. The Kier molecular flexibility index (Phi) is 6.44. The van der Waals surface area contributed by atoms with E-state index in [0.717, 1.165) is 17.2 Å². The molecule has 0 atom stereocenters. The van der Waals surface area contributed by atoms with Gasteiger partial charge in [-0.2, -0.15) is 0 Å². The highest BCUT2D eigenvalue weighted by Gasteiger charge is 2.12. The van der Waals surface area contributed by atoms with E-state index in [9.17, 15) is 4.79 Å². The number of aryl methyl sites for hydroxylation is 1. The molecule has 0 aliphatic carbocycles. The maximum absolute atomic E-state index is 10.7. The van der Waals surface area contributed by atoms with Gasteiger partial charge >= 0.3 is 5.97 Å². The Morgan fingerprint density at radius 2 is 1.92 bits per heavy atom. The van der Waals surface area contributed by atoms with Crippen molar-refractivity contribution < 1.29 is 19.4 Å². The molecule has 0 bridgehead atoms. The van der Waals surface area contributed by atoms with Crippen molar-refractivity contribution in [1.82, 2.24) is 0 Å². The van der Waals surface area contributed by atoms with Gasteiger partial charge in [0.15, 0.2) is 11.5 Å². The lowest BCUT2D eigenvalue weighted by Gasteiger charge is -2.15. The normalized spacial score (nSPS) is 10.8. The monoisotopic (exact) mass is 390 g/mol. The number of aliphatic carboxylic acids is 1. The quantitative estimate of drug-likeness (QED) is 0.687. The Balaban J connectivity index is 2.23. The summed E-state index contributed by atoms with van der Waals surface area (Å²) in [5.41, 5.74) is 2.98. The van der Waals surface area contributed by atoms with Crippen LogP contribution in [-0.4, -0.2) is 17.7 Å². The molecule has 2 aromatic rings. The zero-order chi connectivity index (χ0) is 17.5. The predicted octanol–water partition coefficient (Wildman–Crippen LogP) is 4.83. The van der Waals surface area contributed by atoms with Gasteiger partial charge in [0.05, 0.1) is 11.1 Å². The highest BCUT2D eigenvalue weighted by molar-refractivity contribution is 9.10. The van der Waals surface area contributed by atoms with E-state index in [-0.39, 0.29) is 0 Å². The van der Waals surface area contributed by atoms with Crippen LogP contribution >= 0.6 is 15.9 Å². The summed E-state index contributed by atoms with van der Waals surface area (Å²) in [4.78, 5) is 10.7. The summed E-state index contributed by atoms with van der Waals surface area (Å²) in [5.74, 6) is 0.178. The Morgan fingerprint density at radius 1 is 1.21 bits per heavy atom. The largest absolute Gasteiger partial charge is 0.490 e. The van der Waals surface area contributed by atoms with Gasteiger partial charge in [-0.3, -0.25) is 0 Å². The fourth-order valence-electron chi connectivity index (χ4n) is 2.09. The number of halogens is 1. The van der Waals surface area contributed by atoms with Crippen molar-refractivity contribution >= 4 is 28.0 Å². The number of carboxylic acid groups (broad SMARTS) is 1. The van der Waals surface area contributed by atoms with Crippen LogP contribution in [0.2, 0.25) is 0 Å². The first-order valence-electron chi connectivity index (χ1n) is 7.55. The van der Waals surface area contributed by atoms with Crippen molar-refractivity contribution in [2.24, 2.45) is 0 Å². The first-order valence-corrected chi connectivity index (χ1v) is 8.34. The van der Waals surface area contributed by atoms with E-state index in [1.807, 2.05) is 38.1 Å². The number of carboxylic acids is 1. The maximum Gasteiger partial charge on any atom is 0.328 e. The molecule has 0 radical (unpaired) electrons. The van der Waals surface area contributed by atoms with Crippen LogP contribution in [0.15, 0.2) is 46.9 Å². The first-order chi connectivity index (χ1) is 11.5. The van der Waals surface area contributed by atoms with E-state index in [4.69, 9.17) is 14.6 Å². The first kappa shape index (κ1) is 18.1. The molecule has 0 spiro atoms. The number of ether oxygens (including phenoxy) is 2. The second kappa shape index (κ2) is 8.55.